The number of hydrogen-bond donors (Lipinski definition) is 1. The van der Waals surface area contributed by atoms with Crippen LogP contribution in [0.5, 0.6) is 0 Å². The number of nitrogens with one attached hydrogen (secondary N) is 1. The topological polar surface area (TPSA) is 48.5 Å². The van der Waals surface area contributed by atoms with Gasteiger partial charge in [0.15, 0.2) is 0 Å². The van der Waals surface area contributed by atoms with Gasteiger partial charge in [0.05, 0.1) is 12.2 Å². The van der Waals surface area contributed by atoms with Crippen LogP contribution in [0.3, 0.4) is 0 Å². The van der Waals surface area contributed by atoms with Crippen LogP contribution in [0.2, 0.25) is 0 Å². The number of thiazole rings is 1. The Balaban J connectivity index is 1.23. The van der Waals surface area contributed by atoms with Crippen LogP contribution in [0.25, 0.3) is 10.6 Å². The summed E-state index contributed by atoms with van der Waals surface area (Å²) in [6.45, 7) is 9.15. The molecule has 0 spiro atoms. The summed E-state index contributed by atoms with van der Waals surface area (Å²) < 4.78 is 0. The summed E-state index contributed by atoms with van der Waals surface area (Å²) in [7, 11) is 0. The molecule has 1 aromatic heterocycles. The van der Waals surface area contributed by atoms with E-state index in [9.17, 15) is 4.79 Å². The average Bonchev–Trinajstić information content (AvgIpc) is 3.21. The predicted octanol–water partition coefficient (Wildman–Crippen LogP) is 4.18. The molecule has 0 saturated carbocycles. The molecule has 1 aliphatic heterocycles. The molecule has 156 valence electrons. The Morgan fingerprint density at radius 1 is 1.00 bits per heavy atom. The first-order valence-corrected chi connectivity index (χ1v) is 11.3. The van der Waals surface area contributed by atoms with Crippen LogP contribution >= 0.6 is 11.3 Å². The molecule has 2 aromatic carbocycles. The molecule has 1 N–H and O–H groups in total. The van der Waals surface area contributed by atoms with E-state index in [-0.39, 0.29) is 5.91 Å². The molecular formula is C24H28N4OS. The van der Waals surface area contributed by atoms with Crippen LogP contribution in [-0.4, -0.2) is 53.4 Å². The van der Waals surface area contributed by atoms with Gasteiger partial charge in [0.2, 0.25) is 5.91 Å². The predicted molar refractivity (Wildman–Crippen MR) is 124 cm³/mol. The molecule has 3 aromatic rings. The third-order valence-corrected chi connectivity index (χ3v) is 6.52. The molecule has 0 bridgehead atoms. The van der Waals surface area contributed by atoms with E-state index in [0.29, 0.717) is 6.54 Å². The normalized spacial score (nSPS) is 15.3. The number of piperazine rings is 1. The van der Waals surface area contributed by atoms with Crippen molar-refractivity contribution in [3.63, 3.8) is 0 Å². The molecule has 0 radical (unpaired) electrons. The maximum Gasteiger partial charge on any atom is 0.238 e. The number of carbonyl (C=O) groups is 1. The third kappa shape index (κ3) is 5.33. The molecule has 2 heterocycles. The number of aryl methyl sites for hydroxylation is 2. The maximum absolute atomic E-state index is 12.4. The number of hydrogen-bond acceptors (Lipinski definition) is 5. The van der Waals surface area contributed by atoms with Crippen LogP contribution in [0.4, 0.5) is 5.69 Å². The number of rotatable bonds is 6. The van der Waals surface area contributed by atoms with E-state index in [4.69, 9.17) is 4.98 Å². The van der Waals surface area contributed by atoms with Gasteiger partial charge in [-0.1, -0.05) is 36.4 Å². The van der Waals surface area contributed by atoms with Gasteiger partial charge < -0.3 is 5.32 Å². The lowest BCUT2D eigenvalue weighted by molar-refractivity contribution is -0.117. The van der Waals surface area contributed by atoms with E-state index in [1.165, 1.54) is 16.7 Å². The fourth-order valence-corrected chi connectivity index (χ4v) is 4.47. The number of nitrogens with zero attached hydrogens (tertiary/aromatic N) is 3. The summed E-state index contributed by atoms with van der Waals surface area (Å²) in [5, 5.41) is 6.26. The smallest absolute Gasteiger partial charge is 0.238 e. The minimum absolute atomic E-state index is 0.0544. The highest BCUT2D eigenvalue weighted by atomic mass is 32.1. The molecule has 1 amide bonds. The highest BCUT2D eigenvalue weighted by Crippen LogP contribution is 2.24. The van der Waals surface area contributed by atoms with Crippen molar-refractivity contribution in [1.82, 2.24) is 14.8 Å². The summed E-state index contributed by atoms with van der Waals surface area (Å²) in [6, 6.07) is 16.4. The number of carbonyl (C=O) groups excluding carboxylic acids is 1. The van der Waals surface area contributed by atoms with Gasteiger partial charge in [-0.3, -0.25) is 14.6 Å². The fraction of sp³-hybridized carbons (Fsp3) is 0.333. The van der Waals surface area contributed by atoms with Gasteiger partial charge in [0, 0.05) is 49.4 Å². The molecule has 1 aliphatic rings. The molecule has 1 saturated heterocycles. The minimum Gasteiger partial charge on any atom is -0.325 e. The monoisotopic (exact) mass is 420 g/mol. The zero-order valence-electron chi connectivity index (χ0n) is 17.6. The average molecular weight is 421 g/mol. The molecule has 5 nitrogen and oxygen atoms in total. The number of anilines is 1. The zero-order valence-corrected chi connectivity index (χ0v) is 18.4. The van der Waals surface area contributed by atoms with Crippen molar-refractivity contribution in [3.8, 4) is 10.6 Å². The highest BCUT2D eigenvalue weighted by molar-refractivity contribution is 7.13. The standard InChI is InChI=1S/C24H28N4OS/c1-18-8-9-21(14-19(18)2)25-23(29)16-28-12-10-27(11-13-28)15-22-17-30-24(26-22)20-6-4-3-5-7-20/h3-9,14,17H,10-13,15-16H2,1-2H3,(H,25,29). The van der Waals surface area contributed by atoms with Gasteiger partial charge in [-0.2, -0.15) is 0 Å². The van der Waals surface area contributed by atoms with Crippen molar-refractivity contribution in [3.05, 3.63) is 70.7 Å². The Hall–Kier alpha value is -2.54. The number of benzene rings is 2. The summed E-state index contributed by atoms with van der Waals surface area (Å²) in [5.74, 6) is 0.0544. The van der Waals surface area contributed by atoms with E-state index < -0.39 is 0 Å². The lowest BCUT2D eigenvalue weighted by Gasteiger charge is -2.33. The Morgan fingerprint density at radius 3 is 2.47 bits per heavy atom. The lowest BCUT2D eigenvalue weighted by atomic mass is 10.1. The molecular weight excluding hydrogens is 392 g/mol. The van der Waals surface area contributed by atoms with Crippen LogP contribution in [0.15, 0.2) is 53.9 Å². The highest BCUT2D eigenvalue weighted by Gasteiger charge is 2.20. The van der Waals surface area contributed by atoms with Gasteiger partial charge >= 0.3 is 0 Å². The SMILES string of the molecule is Cc1ccc(NC(=O)CN2CCN(Cc3csc(-c4ccccc4)n3)CC2)cc1C. The molecule has 30 heavy (non-hydrogen) atoms. The van der Waals surface area contributed by atoms with Gasteiger partial charge in [-0.05, 0) is 37.1 Å². The van der Waals surface area contributed by atoms with E-state index in [0.717, 1.165) is 49.1 Å². The molecule has 0 atom stereocenters. The second-order valence-electron chi connectivity index (χ2n) is 7.91. The number of amides is 1. The molecule has 0 unspecified atom stereocenters. The van der Waals surface area contributed by atoms with Crippen molar-refractivity contribution >= 4 is 22.9 Å². The van der Waals surface area contributed by atoms with E-state index >= 15 is 0 Å². The van der Waals surface area contributed by atoms with Gasteiger partial charge in [0.1, 0.15) is 5.01 Å². The largest absolute Gasteiger partial charge is 0.325 e. The van der Waals surface area contributed by atoms with Crippen molar-refractivity contribution in [1.29, 1.82) is 0 Å². The minimum atomic E-state index is 0.0544. The summed E-state index contributed by atoms with van der Waals surface area (Å²) in [4.78, 5) is 21.9. The van der Waals surface area contributed by atoms with Gasteiger partial charge in [-0.15, -0.1) is 11.3 Å². The van der Waals surface area contributed by atoms with Gasteiger partial charge in [-0.25, -0.2) is 4.98 Å². The first kappa shape index (κ1) is 20.7. The summed E-state index contributed by atoms with van der Waals surface area (Å²) in [5.41, 5.74) is 5.60. The lowest BCUT2D eigenvalue weighted by Crippen LogP contribution is -2.48. The zero-order chi connectivity index (χ0) is 20.9. The molecule has 4 rings (SSSR count). The first-order chi connectivity index (χ1) is 14.6. The quantitative estimate of drug-likeness (QED) is 0.650. The Morgan fingerprint density at radius 2 is 1.73 bits per heavy atom. The van der Waals surface area contributed by atoms with Crippen LogP contribution in [-0.2, 0) is 11.3 Å². The first-order valence-electron chi connectivity index (χ1n) is 10.4. The van der Waals surface area contributed by atoms with Crippen molar-refractivity contribution in [2.24, 2.45) is 0 Å². The van der Waals surface area contributed by atoms with Crippen molar-refractivity contribution in [2.45, 2.75) is 20.4 Å². The van der Waals surface area contributed by atoms with E-state index in [1.54, 1.807) is 11.3 Å². The van der Waals surface area contributed by atoms with Crippen molar-refractivity contribution in [2.75, 3.05) is 38.0 Å². The van der Waals surface area contributed by atoms with Crippen LogP contribution in [0.1, 0.15) is 16.8 Å². The Bertz CT molecular complexity index is 993. The summed E-state index contributed by atoms with van der Waals surface area (Å²) >= 11 is 1.70. The molecule has 1 fully saturated rings. The third-order valence-electron chi connectivity index (χ3n) is 5.58. The fourth-order valence-electron chi connectivity index (χ4n) is 3.65. The molecule has 0 aliphatic carbocycles. The Kier molecular flexibility index (Phi) is 6.57. The number of aromatic nitrogens is 1. The van der Waals surface area contributed by atoms with E-state index in [2.05, 4.69) is 46.5 Å². The Labute approximate surface area is 182 Å². The van der Waals surface area contributed by atoms with Gasteiger partial charge in [0.25, 0.3) is 0 Å². The van der Waals surface area contributed by atoms with Crippen molar-refractivity contribution < 1.29 is 4.79 Å². The second-order valence-corrected chi connectivity index (χ2v) is 8.77. The second kappa shape index (κ2) is 9.51. The van der Waals surface area contributed by atoms with E-state index in [1.807, 2.05) is 36.4 Å². The maximum atomic E-state index is 12.4. The van der Waals surface area contributed by atoms with Crippen LogP contribution < -0.4 is 5.32 Å². The molecule has 6 heteroatoms. The van der Waals surface area contributed by atoms with Crippen LogP contribution in [0, 0.1) is 13.8 Å². The summed E-state index contributed by atoms with van der Waals surface area (Å²) in [6.07, 6.45) is 0.